The predicted molar refractivity (Wildman–Crippen MR) is 171 cm³/mol. The SMILES string of the molecule is C=CCN(Cc1ccccc1)C(=O)[C@H]1[C@H]2C(=O)N([C@@H](CC)CO)C(C(=O)N(CC=C)c3ccc(Cl)cc3)C23CC(C)[C@]1(C)O3. The Labute approximate surface area is 264 Å². The van der Waals surface area contributed by atoms with E-state index in [0.717, 1.165) is 5.56 Å². The van der Waals surface area contributed by atoms with Gasteiger partial charge in [-0.25, -0.2) is 0 Å². The molecule has 3 aliphatic rings. The molecule has 1 spiro atoms. The van der Waals surface area contributed by atoms with Crippen molar-refractivity contribution in [2.45, 2.75) is 63.4 Å². The highest BCUT2D eigenvalue weighted by atomic mass is 35.5. The Morgan fingerprint density at radius 1 is 1.11 bits per heavy atom. The van der Waals surface area contributed by atoms with Crippen molar-refractivity contribution in [2.75, 3.05) is 24.6 Å². The fourth-order valence-electron chi connectivity index (χ4n) is 7.75. The van der Waals surface area contributed by atoms with Gasteiger partial charge < -0.3 is 24.5 Å². The zero-order chi connectivity index (χ0) is 31.8. The minimum atomic E-state index is -1.25. The van der Waals surface area contributed by atoms with E-state index < -0.39 is 35.1 Å². The van der Waals surface area contributed by atoms with E-state index >= 15 is 0 Å². The molecule has 2 aromatic carbocycles. The van der Waals surface area contributed by atoms with Crippen LogP contribution in [0, 0.1) is 17.8 Å². The Bertz CT molecular complexity index is 1410. The molecule has 2 bridgehead atoms. The maximum absolute atomic E-state index is 14.8. The first-order valence-corrected chi connectivity index (χ1v) is 15.7. The molecular weight excluding hydrogens is 578 g/mol. The lowest BCUT2D eigenvalue weighted by Crippen LogP contribution is -2.59. The lowest BCUT2D eigenvalue weighted by Gasteiger charge is -2.39. The number of fused-ring (bicyclic) bond motifs is 1. The van der Waals surface area contributed by atoms with Crippen LogP contribution in [-0.2, 0) is 25.7 Å². The highest BCUT2D eigenvalue weighted by Crippen LogP contribution is 2.66. The first-order valence-electron chi connectivity index (χ1n) is 15.3. The standard InChI is InChI=1S/C35H42ClN3O5/c1-6-18-37(21-24-12-10-9-11-13-24)31(41)28-29-32(42)39(26(8-3)22-40)30(35(29)20-23(4)34(28,5)44-35)33(43)38(19-7-2)27-16-14-25(36)15-17-27/h6-7,9-17,23,26,28-30,40H,1-2,8,18-22H2,3-5H3/t23?,26-,28+,29-,30?,34-,35?/m0/s1. The number of ether oxygens (including phenoxy) is 1. The second-order valence-corrected chi connectivity index (χ2v) is 12.8. The quantitative estimate of drug-likeness (QED) is 0.343. The van der Waals surface area contributed by atoms with Crippen molar-refractivity contribution in [1.29, 1.82) is 0 Å². The molecular formula is C35H42ClN3O5. The molecule has 0 radical (unpaired) electrons. The molecule has 3 amide bonds. The number of nitrogens with zero attached hydrogens (tertiary/aromatic N) is 3. The van der Waals surface area contributed by atoms with Gasteiger partial charge in [0.1, 0.15) is 11.6 Å². The molecule has 0 aromatic heterocycles. The fraction of sp³-hybridized carbons (Fsp3) is 0.457. The zero-order valence-corrected chi connectivity index (χ0v) is 26.5. The summed E-state index contributed by atoms with van der Waals surface area (Å²) in [6.45, 7) is 14.1. The van der Waals surface area contributed by atoms with E-state index in [2.05, 4.69) is 13.2 Å². The third kappa shape index (κ3) is 5.07. The molecule has 7 atom stereocenters. The summed E-state index contributed by atoms with van der Waals surface area (Å²) in [5.74, 6) is -2.69. The number of halogens is 1. The van der Waals surface area contributed by atoms with Gasteiger partial charge in [0, 0.05) is 30.3 Å². The lowest BCUT2D eigenvalue weighted by atomic mass is 9.62. The van der Waals surface area contributed by atoms with Crippen molar-refractivity contribution in [3.63, 3.8) is 0 Å². The number of likely N-dealkylation sites (tertiary alicyclic amines) is 1. The van der Waals surface area contributed by atoms with E-state index in [-0.39, 0.29) is 36.8 Å². The summed E-state index contributed by atoms with van der Waals surface area (Å²) in [6.07, 6.45) is 4.18. The minimum Gasteiger partial charge on any atom is -0.394 e. The van der Waals surface area contributed by atoms with Gasteiger partial charge in [-0.15, -0.1) is 13.2 Å². The second kappa shape index (κ2) is 12.5. The van der Waals surface area contributed by atoms with Gasteiger partial charge in [-0.1, -0.05) is 67.9 Å². The largest absolute Gasteiger partial charge is 0.394 e. The number of hydrogen-bond donors (Lipinski definition) is 1. The molecule has 234 valence electrons. The zero-order valence-electron chi connectivity index (χ0n) is 25.7. The van der Waals surface area contributed by atoms with Gasteiger partial charge in [-0.3, -0.25) is 14.4 Å². The molecule has 0 aliphatic carbocycles. The van der Waals surface area contributed by atoms with Crippen LogP contribution in [0.25, 0.3) is 0 Å². The third-order valence-corrected chi connectivity index (χ3v) is 10.2. The van der Waals surface area contributed by atoms with Gasteiger partial charge in [-0.2, -0.15) is 0 Å². The number of carbonyl (C=O) groups is 3. The molecule has 3 unspecified atom stereocenters. The minimum absolute atomic E-state index is 0.115. The molecule has 3 heterocycles. The molecule has 3 fully saturated rings. The van der Waals surface area contributed by atoms with Crippen molar-refractivity contribution >= 4 is 35.0 Å². The van der Waals surface area contributed by atoms with Crippen LogP contribution in [0.5, 0.6) is 0 Å². The van der Waals surface area contributed by atoms with Crippen molar-refractivity contribution in [2.24, 2.45) is 17.8 Å². The molecule has 0 saturated carbocycles. The smallest absolute Gasteiger partial charge is 0.253 e. The van der Waals surface area contributed by atoms with Gasteiger partial charge in [-0.05, 0) is 55.5 Å². The lowest BCUT2D eigenvalue weighted by molar-refractivity contribution is -0.154. The van der Waals surface area contributed by atoms with Gasteiger partial charge in [0.25, 0.3) is 5.91 Å². The van der Waals surface area contributed by atoms with E-state index in [1.807, 2.05) is 51.1 Å². The summed E-state index contributed by atoms with van der Waals surface area (Å²) >= 11 is 6.15. The summed E-state index contributed by atoms with van der Waals surface area (Å²) in [7, 11) is 0. The topological polar surface area (TPSA) is 90.4 Å². The van der Waals surface area contributed by atoms with E-state index in [0.29, 0.717) is 36.6 Å². The van der Waals surface area contributed by atoms with Crippen LogP contribution in [0.1, 0.15) is 39.2 Å². The average molecular weight is 620 g/mol. The summed E-state index contributed by atoms with van der Waals surface area (Å²) in [6, 6.07) is 14.9. The van der Waals surface area contributed by atoms with E-state index in [4.69, 9.17) is 16.3 Å². The number of aliphatic hydroxyl groups is 1. The van der Waals surface area contributed by atoms with Crippen LogP contribution in [0.15, 0.2) is 79.9 Å². The van der Waals surface area contributed by atoms with Gasteiger partial charge in [0.15, 0.2) is 0 Å². The number of benzene rings is 2. The molecule has 2 aromatic rings. The van der Waals surface area contributed by atoms with Crippen molar-refractivity contribution in [1.82, 2.24) is 9.80 Å². The van der Waals surface area contributed by atoms with E-state index in [1.54, 1.807) is 46.2 Å². The Morgan fingerprint density at radius 2 is 1.77 bits per heavy atom. The Hall–Kier alpha value is -3.46. The Morgan fingerprint density at radius 3 is 2.36 bits per heavy atom. The van der Waals surface area contributed by atoms with Crippen LogP contribution >= 0.6 is 11.6 Å². The summed E-state index contributed by atoms with van der Waals surface area (Å²) < 4.78 is 6.94. The first-order chi connectivity index (χ1) is 21.1. The van der Waals surface area contributed by atoms with Gasteiger partial charge in [0.05, 0.1) is 30.1 Å². The summed E-state index contributed by atoms with van der Waals surface area (Å²) in [5.41, 5.74) is -0.656. The predicted octanol–water partition coefficient (Wildman–Crippen LogP) is 4.86. The average Bonchev–Trinajstić information content (AvgIpc) is 3.53. The summed E-state index contributed by atoms with van der Waals surface area (Å²) in [5, 5.41) is 11.0. The molecule has 5 rings (SSSR count). The van der Waals surface area contributed by atoms with Gasteiger partial charge in [0.2, 0.25) is 11.8 Å². The molecule has 8 nitrogen and oxygen atoms in total. The number of carbonyl (C=O) groups excluding carboxylic acids is 3. The first kappa shape index (κ1) is 31.9. The number of hydrogen-bond acceptors (Lipinski definition) is 5. The molecule has 1 N–H and O–H groups in total. The highest BCUT2D eigenvalue weighted by molar-refractivity contribution is 6.30. The van der Waals surface area contributed by atoms with Crippen LogP contribution in [0.2, 0.25) is 5.02 Å². The molecule has 3 saturated heterocycles. The number of rotatable bonds is 12. The van der Waals surface area contributed by atoms with Crippen LogP contribution in [-0.4, -0.2) is 75.6 Å². The molecule has 9 heteroatoms. The van der Waals surface area contributed by atoms with E-state index in [1.165, 1.54) is 4.90 Å². The molecule has 3 aliphatic heterocycles. The van der Waals surface area contributed by atoms with Gasteiger partial charge >= 0.3 is 0 Å². The van der Waals surface area contributed by atoms with Crippen molar-refractivity contribution < 1.29 is 24.2 Å². The van der Waals surface area contributed by atoms with Crippen LogP contribution in [0.4, 0.5) is 5.69 Å². The van der Waals surface area contributed by atoms with Crippen LogP contribution < -0.4 is 4.90 Å². The highest BCUT2D eigenvalue weighted by Gasteiger charge is 2.80. The van der Waals surface area contributed by atoms with Crippen molar-refractivity contribution in [3.8, 4) is 0 Å². The second-order valence-electron chi connectivity index (χ2n) is 12.4. The molecule has 44 heavy (non-hydrogen) atoms. The maximum atomic E-state index is 14.8. The maximum Gasteiger partial charge on any atom is 0.253 e. The van der Waals surface area contributed by atoms with E-state index in [9.17, 15) is 19.5 Å². The monoisotopic (exact) mass is 619 g/mol. The van der Waals surface area contributed by atoms with Crippen molar-refractivity contribution in [3.05, 3.63) is 90.5 Å². The normalized spacial score (nSPS) is 29.3. The Balaban J connectivity index is 1.61. The fourth-order valence-corrected chi connectivity index (χ4v) is 7.87. The Kier molecular flexibility index (Phi) is 9.08. The number of aliphatic hydroxyl groups excluding tert-OH is 1. The third-order valence-electron chi connectivity index (χ3n) is 9.92. The number of anilines is 1. The number of amides is 3. The van der Waals surface area contributed by atoms with Crippen LogP contribution in [0.3, 0.4) is 0 Å². The summed E-state index contributed by atoms with van der Waals surface area (Å²) in [4.78, 5) is 48.8.